The first-order valence-electron chi connectivity index (χ1n) is 14.3. The Morgan fingerprint density at radius 3 is 2.44 bits per heavy atom. The first-order chi connectivity index (χ1) is 22.2. The smallest absolute Gasteiger partial charge is 0.395 e. The van der Waals surface area contributed by atoms with Gasteiger partial charge in [0.1, 0.15) is 31.0 Å². The normalized spacial score (nSPS) is 14.1. The lowest BCUT2D eigenvalue weighted by Gasteiger charge is -2.41. The van der Waals surface area contributed by atoms with Crippen LogP contribution in [0.5, 0.6) is 5.75 Å². The third-order valence-electron chi connectivity index (χ3n) is 7.36. The lowest BCUT2D eigenvalue weighted by molar-refractivity contribution is -0.180. The highest BCUT2D eigenvalue weighted by molar-refractivity contribution is 7.92. The molecule has 0 atom stereocenters. The highest BCUT2D eigenvalue weighted by atomic mass is 35.5. The maximum Gasteiger partial charge on any atom is 0.395 e. The number of nitrogens with zero attached hydrogens (tertiary/aromatic N) is 2. The van der Waals surface area contributed by atoms with Crippen LogP contribution in [0.2, 0.25) is 5.02 Å². The Hall–Kier alpha value is -3.65. The van der Waals surface area contributed by atoms with Gasteiger partial charge in [-0.2, -0.15) is 13.2 Å². The molecule has 2 aromatic carbocycles. The van der Waals surface area contributed by atoms with E-state index in [9.17, 15) is 35.3 Å². The quantitative estimate of drug-likeness (QED) is 0.129. The highest BCUT2D eigenvalue weighted by Gasteiger charge is 2.47. The third kappa shape index (κ3) is 8.68. The van der Waals surface area contributed by atoms with Gasteiger partial charge in [-0.25, -0.2) is 12.8 Å². The summed E-state index contributed by atoms with van der Waals surface area (Å²) in [5.41, 5.74) is 1.99. The second kappa shape index (κ2) is 13.3. The van der Waals surface area contributed by atoms with Crippen molar-refractivity contribution in [3.63, 3.8) is 0 Å². The molecule has 3 heterocycles. The Bertz CT molecular complexity index is 2050. The molecular weight excluding hydrogens is 715 g/mol. The number of rotatable bonds is 10. The molecule has 5 rings (SSSR count). The zero-order valence-corrected chi connectivity index (χ0v) is 29.3. The second-order valence-electron chi connectivity index (χ2n) is 11.8. The average Bonchev–Trinajstić information content (AvgIpc) is 3.29. The Morgan fingerprint density at radius 2 is 1.79 bits per heavy atom. The topological polar surface area (TPSA) is 118 Å². The first-order valence-corrected chi connectivity index (χ1v) is 19.9. The van der Waals surface area contributed by atoms with Crippen LogP contribution in [0.15, 0.2) is 54.7 Å². The molecule has 256 valence electrons. The summed E-state index contributed by atoms with van der Waals surface area (Å²) < 4.78 is 98.3. The van der Waals surface area contributed by atoms with Gasteiger partial charge in [0, 0.05) is 45.6 Å². The van der Waals surface area contributed by atoms with Gasteiger partial charge in [0.15, 0.2) is 0 Å². The van der Waals surface area contributed by atoms with E-state index in [1.165, 1.54) is 54.8 Å². The molecule has 0 saturated carbocycles. The monoisotopic (exact) mass is 744 g/mol. The van der Waals surface area contributed by atoms with Crippen LogP contribution in [0.4, 0.5) is 34.6 Å². The summed E-state index contributed by atoms with van der Waals surface area (Å²) in [6, 6.07) is 11.4. The maximum atomic E-state index is 14.4. The molecule has 0 unspecified atom stereocenters. The third-order valence-corrected chi connectivity index (χ3v) is 10.7. The van der Waals surface area contributed by atoms with Gasteiger partial charge in [-0.3, -0.25) is 14.5 Å². The van der Waals surface area contributed by atoms with E-state index in [-0.39, 0.29) is 46.7 Å². The fourth-order valence-electron chi connectivity index (χ4n) is 4.96. The Balaban J connectivity index is 1.45. The van der Waals surface area contributed by atoms with E-state index >= 15 is 0 Å². The predicted molar refractivity (Wildman–Crippen MR) is 182 cm³/mol. The molecule has 2 aromatic heterocycles. The molecule has 1 aliphatic heterocycles. The number of thiophene rings is 1. The summed E-state index contributed by atoms with van der Waals surface area (Å²) in [5, 5.41) is 3.21. The van der Waals surface area contributed by atoms with E-state index in [2.05, 4.69) is 15.0 Å². The number of pyridine rings is 1. The molecule has 4 aromatic rings. The SMILES string of the molecule is Cc1sc(C(=O)Nc2cc(Cl)cc(NS(C)(=O)=O)c2)cc1-c1ncc(N2CC(C(F)(F)F)C2)cc1OCc1cc(F)cc(P(C)(C)=O)c1. The van der Waals surface area contributed by atoms with Crippen molar-refractivity contribution in [2.24, 2.45) is 5.92 Å². The van der Waals surface area contributed by atoms with Gasteiger partial charge in [-0.1, -0.05) is 11.6 Å². The zero-order valence-electron chi connectivity index (χ0n) is 26.0. The van der Waals surface area contributed by atoms with Crippen LogP contribution in [-0.2, 0) is 21.2 Å². The van der Waals surface area contributed by atoms with Gasteiger partial charge in [0.2, 0.25) is 10.0 Å². The van der Waals surface area contributed by atoms with Gasteiger partial charge >= 0.3 is 6.18 Å². The molecule has 1 amide bonds. The van der Waals surface area contributed by atoms with Crippen LogP contribution in [0.25, 0.3) is 11.3 Å². The van der Waals surface area contributed by atoms with Crippen LogP contribution in [0.1, 0.15) is 20.1 Å². The van der Waals surface area contributed by atoms with E-state index < -0.39 is 41.0 Å². The molecule has 0 radical (unpaired) electrons. The van der Waals surface area contributed by atoms with Crippen molar-refractivity contribution >= 4 is 68.4 Å². The average molecular weight is 745 g/mol. The van der Waals surface area contributed by atoms with Crippen molar-refractivity contribution < 1.29 is 40.1 Å². The van der Waals surface area contributed by atoms with E-state index in [4.69, 9.17) is 16.3 Å². The number of carbonyl (C=O) groups excluding carboxylic acids is 1. The minimum Gasteiger partial charge on any atom is -0.487 e. The van der Waals surface area contributed by atoms with E-state index in [0.717, 1.165) is 17.6 Å². The number of amides is 1. The van der Waals surface area contributed by atoms with Crippen molar-refractivity contribution in [3.05, 3.63) is 80.9 Å². The first kappa shape index (κ1) is 35.7. The number of alkyl halides is 3. The number of ether oxygens (including phenoxy) is 1. The molecule has 1 aliphatic rings. The van der Waals surface area contributed by atoms with Gasteiger partial charge in [-0.05, 0) is 68.3 Å². The molecule has 0 bridgehead atoms. The summed E-state index contributed by atoms with van der Waals surface area (Å²) >= 11 is 7.27. The number of hydrogen-bond donors (Lipinski definition) is 2. The van der Waals surface area contributed by atoms with Crippen molar-refractivity contribution in [2.45, 2.75) is 19.7 Å². The number of benzene rings is 2. The van der Waals surface area contributed by atoms with Crippen molar-refractivity contribution in [1.29, 1.82) is 0 Å². The molecule has 2 N–H and O–H groups in total. The summed E-state index contributed by atoms with van der Waals surface area (Å²) in [4.78, 5) is 20.3. The van der Waals surface area contributed by atoms with Gasteiger partial charge in [0.25, 0.3) is 5.91 Å². The Morgan fingerprint density at radius 1 is 1.10 bits per heavy atom. The lowest BCUT2D eigenvalue weighted by atomic mass is 9.99. The Labute approximate surface area is 283 Å². The number of carbonyl (C=O) groups is 1. The molecule has 0 spiro atoms. The van der Waals surface area contributed by atoms with Crippen molar-refractivity contribution in [3.8, 4) is 17.0 Å². The minimum absolute atomic E-state index is 0.157. The van der Waals surface area contributed by atoms with Gasteiger partial charge in [0.05, 0.1) is 34.6 Å². The number of halogens is 5. The molecule has 1 fully saturated rings. The van der Waals surface area contributed by atoms with Crippen LogP contribution < -0.4 is 25.0 Å². The maximum absolute atomic E-state index is 14.4. The number of aromatic nitrogens is 1. The molecule has 1 saturated heterocycles. The molecule has 17 heteroatoms. The Kier molecular flexibility index (Phi) is 9.91. The van der Waals surface area contributed by atoms with E-state index in [1.807, 2.05) is 0 Å². The van der Waals surface area contributed by atoms with Gasteiger partial charge < -0.3 is 19.5 Å². The van der Waals surface area contributed by atoms with Crippen molar-refractivity contribution in [2.75, 3.05) is 47.6 Å². The fourth-order valence-corrected chi connectivity index (χ4v) is 7.57. The minimum atomic E-state index is -4.32. The van der Waals surface area contributed by atoms with Crippen molar-refractivity contribution in [1.82, 2.24) is 4.98 Å². The van der Waals surface area contributed by atoms with Gasteiger partial charge in [-0.15, -0.1) is 11.3 Å². The molecular formula is C31H30ClF4N4O5PS2. The second-order valence-corrected chi connectivity index (χ2v) is 18.4. The predicted octanol–water partition coefficient (Wildman–Crippen LogP) is 7.36. The number of sulfonamides is 1. The lowest BCUT2D eigenvalue weighted by Crippen LogP contribution is -2.53. The standard InChI is InChI=1S/C31H30ClF4N4O5PS2/c1-17-26(12-28(47-17)30(41)38-22-7-20(32)8-23(10-22)39-48(4,43)44)29-27(11-24(13-37-29)40-14-19(15-40)31(34,35)36)45-16-18-5-21(33)9-25(6-18)46(2,3)42/h5-13,19,39H,14-16H2,1-4H3,(H,38,41). The fraction of sp³-hybridized carbons (Fsp3) is 0.290. The zero-order chi connectivity index (χ0) is 35.2. The van der Waals surface area contributed by atoms with Crippen LogP contribution in [0, 0.1) is 18.7 Å². The summed E-state index contributed by atoms with van der Waals surface area (Å²) in [6.07, 6.45) is -1.91. The summed E-state index contributed by atoms with van der Waals surface area (Å²) in [6.45, 7) is 4.14. The summed E-state index contributed by atoms with van der Waals surface area (Å²) in [5.74, 6) is -2.40. The number of anilines is 3. The number of aryl methyl sites for hydroxylation is 1. The molecule has 48 heavy (non-hydrogen) atoms. The largest absolute Gasteiger partial charge is 0.487 e. The van der Waals surface area contributed by atoms with E-state index in [1.54, 1.807) is 25.1 Å². The molecule has 9 nitrogen and oxygen atoms in total. The summed E-state index contributed by atoms with van der Waals surface area (Å²) in [7, 11) is -6.40. The van der Waals surface area contributed by atoms with Crippen LogP contribution >= 0.6 is 30.1 Å². The van der Waals surface area contributed by atoms with E-state index in [0.29, 0.717) is 32.7 Å². The molecule has 0 aliphatic carbocycles. The van der Waals surface area contributed by atoms with Crippen LogP contribution in [-0.4, -0.2) is 58.2 Å². The van der Waals surface area contributed by atoms with Crippen LogP contribution in [0.3, 0.4) is 0 Å². The number of hydrogen-bond acceptors (Lipinski definition) is 8. The highest BCUT2D eigenvalue weighted by Crippen LogP contribution is 2.41. The number of nitrogens with one attached hydrogen (secondary N) is 2.